The maximum atomic E-state index is 13.0. The lowest BCUT2D eigenvalue weighted by molar-refractivity contribution is -0.144. The van der Waals surface area contributed by atoms with Crippen LogP contribution in [0.15, 0.2) is 30.3 Å². The van der Waals surface area contributed by atoms with Gasteiger partial charge in [0.1, 0.15) is 0 Å². The summed E-state index contributed by atoms with van der Waals surface area (Å²) in [5.74, 6) is 0.182. The van der Waals surface area contributed by atoms with Gasteiger partial charge >= 0.3 is 0 Å². The van der Waals surface area contributed by atoms with E-state index in [1.165, 1.54) is 0 Å². The van der Waals surface area contributed by atoms with E-state index in [0.29, 0.717) is 6.54 Å². The predicted octanol–water partition coefficient (Wildman–Crippen LogP) is 2.77. The Morgan fingerprint density at radius 1 is 1.39 bits per heavy atom. The molecule has 0 saturated carbocycles. The Balaban J connectivity index is 0.00000192. The van der Waals surface area contributed by atoms with E-state index >= 15 is 0 Å². The first-order chi connectivity index (χ1) is 10.6. The van der Waals surface area contributed by atoms with Gasteiger partial charge in [-0.1, -0.05) is 37.3 Å². The van der Waals surface area contributed by atoms with E-state index in [4.69, 9.17) is 10.5 Å². The molecule has 0 radical (unpaired) electrons. The van der Waals surface area contributed by atoms with Gasteiger partial charge in [0.15, 0.2) is 0 Å². The highest BCUT2D eigenvalue weighted by atomic mass is 35.5. The van der Waals surface area contributed by atoms with Crippen LogP contribution in [0.3, 0.4) is 0 Å². The van der Waals surface area contributed by atoms with Gasteiger partial charge in [-0.3, -0.25) is 4.79 Å². The number of amides is 1. The van der Waals surface area contributed by atoms with Crippen LogP contribution >= 0.6 is 12.4 Å². The lowest BCUT2D eigenvalue weighted by Gasteiger charge is -2.34. The number of halogens is 1. The molecule has 0 aromatic heterocycles. The largest absolute Gasteiger partial charge is 0.373 e. The zero-order chi connectivity index (χ0) is 15.6. The van der Waals surface area contributed by atoms with Gasteiger partial charge in [0.05, 0.1) is 12.0 Å². The van der Waals surface area contributed by atoms with Crippen LogP contribution in [0.1, 0.15) is 37.9 Å². The van der Waals surface area contributed by atoms with E-state index in [9.17, 15) is 4.79 Å². The SMILES string of the molecule is CC1(CN)CCN(C(=O)C2CCCOC2c2ccccc2)C1.Cl. The van der Waals surface area contributed by atoms with Gasteiger partial charge in [-0.25, -0.2) is 0 Å². The summed E-state index contributed by atoms with van der Waals surface area (Å²) in [5.41, 5.74) is 7.05. The van der Waals surface area contributed by atoms with Gasteiger partial charge in [-0.05, 0) is 36.8 Å². The van der Waals surface area contributed by atoms with E-state index in [0.717, 1.165) is 44.5 Å². The molecule has 5 heteroatoms. The molecule has 3 rings (SSSR count). The second kappa shape index (κ2) is 7.65. The molecule has 2 aliphatic heterocycles. The first-order valence-electron chi connectivity index (χ1n) is 8.28. The Labute approximate surface area is 144 Å². The Morgan fingerprint density at radius 2 is 2.13 bits per heavy atom. The molecule has 1 aromatic rings. The van der Waals surface area contributed by atoms with Crippen molar-refractivity contribution in [2.45, 2.75) is 32.3 Å². The molecule has 2 fully saturated rings. The minimum atomic E-state index is -0.104. The Kier molecular flexibility index (Phi) is 6.06. The molecule has 0 spiro atoms. The number of hydrogen-bond donors (Lipinski definition) is 1. The Bertz CT molecular complexity index is 525. The number of likely N-dealkylation sites (tertiary alicyclic amines) is 1. The van der Waals surface area contributed by atoms with Gasteiger partial charge in [0.2, 0.25) is 5.91 Å². The number of ether oxygens (including phenoxy) is 1. The number of nitrogens with zero attached hydrogens (tertiary/aromatic N) is 1. The van der Waals surface area contributed by atoms with E-state index < -0.39 is 0 Å². The summed E-state index contributed by atoms with van der Waals surface area (Å²) >= 11 is 0. The molecular formula is C18H27ClN2O2. The third-order valence-electron chi connectivity index (χ3n) is 5.13. The van der Waals surface area contributed by atoms with Crippen molar-refractivity contribution >= 4 is 18.3 Å². The topological polar surface area (TPSA) is 55.6 Å². The fraction of sp³-hybridized carbons (Fsp3) is 0.611. The summed E-state index contributed by atoms with van der Waals surface area (Å²) in [5, 5.41) is 0. The summed E-state index contributed by atoms with van der Waals surface area (Å²) in [7, 11) is 0. The van der Waals surface area contributed by atoms with Crippen molar-refractivity contribution < 1.29 is 9.53 Å². The van der Waals surface area contributed by atoms with Crippen LogP contribution in [-0.2, 0) is 9.53 Å². The molecule has 1 aromatic carbocycles. The van der Waals surface area contributed by atoms with Crippen LogP contribution in [0.4, 0.5) is 0 Å². The number of carbonyl (C=O) groups excluding carboxylic acids is 1. The van der Waals surface area contributed by atoms with Crippen molar-refractivity contribution in [1.82, 2.24) is 4.90 Å². The van der Waals surface area contributed by atoms with Gasteiger partial charge in [0, 0.05) is 19.7 Å². The predicted molar refractivity (Wildman–Crippen MR) is 93.5 cm³/mol. The number of nitrogens with two attached hydrogens (primary N) is 1. The third-order valence-corrected chi connectivity index (χ3v) is 5.13. The van der Waals surface area contributed by atoms with Crippen molar-refractivity contribution in [3.05, 3.63) is 35.9 Å². The second-order valence-corrected chi connectivity index (χ2v) is 6.98. The molecule has 3 unspecified atom stereocenters. The summed E-state index contributed by atoms with van der Waals surface area (Å²) in [6.45, 7) is 5.15. The average molecular weight is 339 g/mol. The van der Waals surface area contributed by atoms with Gasteiger partial charge in [-0.2, -0.15) is 0 Å². The second-order valence-electron chi connectivity index (χ2n) is 6.98. The van der Waals surface area contributed by atoms with E-state index in [-0.39, 0.29) is 35.8 Å². The number of carbonyl (C=O) groups is 1. The number of hydrogen-bond acceptors (Lipinski definition) is 3. The summed E-state index contributed by atoms with van der Waals surface area (Å²) < 4.78 is 5.96. The van der Waals surface area contributed by atoms with Crippen molar-refractivity contribution in [3.8, 4) is 0 Å². The van der Waals surface area contributed by atoms with Crippen molar-refractivity contribution in [3.63, 3.8) is 0 Å². The van der Waals surface area contributed by atoms with Crippen molar-refractivity contribution in [2.24, 2.45) is 17.1 Å². The van der Waals surface area contributed by atoms with Crippen LogP contribution < -0.4 is 5.73 Å². The zero-order valence-electron chi connectivity index (χ0n) is 13.7. The summed E-state index contributed by atoms with van der Waals surface area (Å²) in [4.78, 5) is 15.0. The van der Waals surface area contributed by atoms with Gasteiger partial charge in [0.25, 0.3) is 0 Å². The molecule has 0 bridgehead atoms. The van der Waals surface area contributed by atoms with Crippen LogP contribution in [0.5, 0.6) is 0 Å². The number of rotatable bonds is 3. The van der Waals surface area contributed by atoms with Gasteiger partial charge in [-0.15, -0.1) is 12.4 Å². The first-order valence-corrected chi connectivity index (χ1v) is 8.28. The fourth-order valence-electron chi connectivity index (χ4n) is 3.62. The van der Waals surface area contributed by atoms with Crippen LogP contribution in [0.2, 0.25) is 0 Å². The molecule has 3 atom stereocenters. The minimum absolute atomic E-state index is 0. The maximum Gasteiger partial charge on any atom is 0.228 e. The highest BCUT2D eigenvalue weighted by Gasteiger charge is 2.40. The summed E-state index contributed by atoms with van der Waals surface area (Å²) in [6, 6.07) is 10.1. The Hall–Kier alpha value is -1.10. The van der Waals surface area contributed by atoms with Crippen LogP contribution in [0.25, 0.3) is 0 Å². The molecule has 4 nitrogen and oxygen atoms in total. The lowest BCUT2D eigenvalue weighted by atomic mass is 9.88. The maximum absolute atomic E-state index is 13.0. The van der Waals surface area contributed by atoms with E-state index in [2.05, 4.69) is 19.1 Å². The normalized spacial score (nSPS) is 30.8. The third kappa shape index (κ3) is 3.87. The fourth-order valence-corrected chi connectivity index (χ4v) is 3.62. The Morgan fingerprint density at radius 3 is 2.78 bits per heavy atom. The smallest absolute Gasteiger partial charge is 0.228 e. The first kappa shape index (κ1) is 18.2. The molecule has 128 valence electrons. The van der Waals surface area contributed by atoms with E-state index in [1.807, 2.05) is 23.1 Å². The standard InChI is InChI=1S/C18H26N2O2.ClH/c1-18(12-19)9-10-20(13-18)17(21)15-8-5-11-22-16(15)14-6-3-2-4-7-14;/h2-4,6-7,15-16H,5,8-13,19H2,1H3;1H. The molecule has 2 N–H and O–H groups in total. The molecule has 2 aliphatic rings. The molecule has 1 amide bonds. The highest BCUT2D eigenvalue weighted by Crippen LogP contribution is 2.37. The molecule has 2 saturated heterocycles. The highest BCUT2D eigenvalue weighted by molar-refractivity contribution is 5.85. The molecule has 0 aliphatic carbocycles. The average Bonchev–Trinajstić information content (AvgIpc) is 2.98. The summed E-state index contributed by atoms with van der Waals surface area (Å²) in [6.07, 6.45) is 2.77. The quantitative estimate of drug-likeness (QED) is 0.922. The molecular weight excluding hydrogens is 312 g/mol. The number of benzene rings is 1. The van der Waals surface area contributed by atoms with Crippen LogP contribution in [-0.4, -0.2) is 37.0 Å². The zero-order valence-corrected chi connectivity index (χ0v) is 14.6. The lowest BCUT2D eigenvalue weighted by Crippen LogP contribution is -2.41. The van der Waals surface area contributed by atoms with Crippen LogP contribution in [0, 0.1) is 11.3 Å². The minimum Gasteiger partial charge on any atom is -0.373 e. The van der Waals surface area contributed by atoms with Crippen molar-refractivity contribution in [2.75, 3.05) is 26.2 Å². The van der Waals surface area contributed by atoms with E-state index in [1.54, 1.807) is 0 Å². The molecule has 23 heavy (non-hydrogen) atoms. The monoisotopic (exact) mass is 338 g/mol. The molecule has 2 heterocycles. The van der Waals surface area contributed by atoms with Gasteiger partial charge < -0.3 is 15.4 Å². The van der Waals surface area contributed by atoms with Crippen molar-refractivity contribution in [1.29, 1.82) is 0 Å².